The van der Waals surface area contributed by atoms with Crippen molar-refractivity contribution >= 4 is 0 Å². The van der Waals surface area contributed by atoms with Crippen molar-refractivity contribution in [3.63, 3.8) is 0 Å². The summed E-state index contributed by atoms with van der Waals surface area (Å²) in [4.78, 5) is 2.23. The molecule has 0 bridgehead atoms. The lowest BCUT2D eigenvalue weighted by Gasteiger charge is -2.35. The highest BCUT2D eigenvalue weighted by Gasteiger charge is 2.26. The van der Waals surface area contributed by atoms with E-state index in [4.69, 9.17) is 10.6 Å². The van der Waals surface area contributed by atoms with E-state index in [9.17, 15) is 4.39 Å². The zero-order chi connectivity index (χ0) is 13.8. The standard InChI is InChI=1S/C14H22FN3O/c1-10-7-12(15)4-3-11(10)8-13(17-16)14-9-18(2)5-6-19-14/h3-4,7,13-14,17H,5-6,8-9,16H2,1-2H3. The van der Waals surface area contributed by atoms with Gasteiger partial charge >= 0.3 is 0 Å². The maximum Gasteiger partial charge on any atom is 0.123 e. The van der Waals surface area contributed by atoms with Crippen LogP contribution < -0.4 is 11.3 Å². The summed E-state index contributed by atoms with van der Waals surface area (Å²) < 4.78 is 18.9. The van der Waals surface area contributed by atoms with Crippen LogP contribution in [0.1, 0.15) is 11.1 Å². The molecule has 1 aliphatic heterocycles. The Bertz CT molecular complexity index is 427. The SMILES string of the molecule is Cc1cc(F)ccc1CC(NN)C1CN(C)CCO1. The van der Waals surface area contributed by atoms with E-state index in [0.717, 1.165) is 37.2 Å². The van der Waals surface area contributed by atoms with Gasteiger partial charge in [0.05, 0.1) is 18.8 Å². The van der Waals surface area contributed by atoms with Crippen LogP contribution in [0.3, 0.4) is 0 Å². The van der Waals surface area contributed by atoms with E-state index in [1.165, 1.54) is 6.07 Å². The fourth-order valence-electron chi connectivity index (χ4n) is 2.48. The predicted molar refractivity (Wildman–Crippen MR) is 73.2 cm³/mol. The van der Waals surface area contributed by atoms with Crippen LogP contribution in [0.25, 0.3) is 0 Å². The second-order valence-electron chi connectivity index (χ2n) is 5.22. The molecule has 1 aromatic rings. The molecule has 3 N–H and O–H groups in total. The Balaban J connectivity index is 2.05. The van der Waals surface area contributed by atoms with Crippen molar-refractivity contribution in [2.45, 2.75) is 25.5 Å². The number of halogens is 1. The maximum absolute atomic E-state index is 13.1. The first-order valence-electron chi connectivity index (χ1n) is 6.61. The molecule has 106 valence electrons. The van der Waals surface area contributed by atoms with E-state index in [1.54, 1.807) is 6.07 Å². The van der Waals surface area contributed by atoms with E-state index in [-0.39, 0.29) is 18.0 Å². The molecule has 2 rings (SSSR count). The Hall–Kier alpha value is -1.01. The number of hydrogen-bond acceptors (Lipinski definition) is 4. The Morgan fingerprint density at radius 1 is 1.58 bits per heavy atom. The molecular formula is C14H22FN3O. The summed E-state index contributed by atoms with van der Waals surface area (Å²) in [5.74, 6) is 5.45. The van der Waals surface area contributed by atoms with Gasteiger partial charge in [0, 0.05) is 13.1 Å². The van der Waals surface area contributed by atoms with Gasteiger partial charge in [0.25, 0.3) is 0 Å². The molecule has 2 atom stereocenters. The molecule has 4 nitrogen and oxygen atoms in total. The lowest BCUT2D eigenvalue weighted by Crippen LogP contribution is -2.54. The average molecular weight is 267 g/mol. The van der Waals surface area contributed by atoms with E-state index in [0.29, 0.717) is 0 Å². The number of likely N-dealkylation sites (N-methyl/N-ethyl adjacent to an activating group) is 1. The number of hydrazine groups is 1. The van der Waals surface area contributed by atoms with E-state index in [1.807, 2.05) is 13.0 Å². The largest absolute Gasteiger partial charge is 0.374 e. The van der Waals surface area contributed by atoms with Crippen LogP contribution in [0.2, 0.25) is 0 Å². The highest BCUT2D eigenvalue weighted by Crippen LogP contribution is 2.16. The molecule has 19 heavy (non-hydrogen) atoms. The lowest BCUT2D eigenvalue weighted by molar-refractivity contribution is -0.0384. The molecular weight excluding hydrogens is 245 g/mol. The molecule has 1 fully saturated rings. The summed E-state index contributed by atoms with van der Waals surface area (Å²) in [6.45, 7) is 4.44. The lowest BCUT2D eigenvalue weighted by atomic mass is 9.97. The van der Waals surface area contributed by atoms with Crippen LogP contribution in [0.4, 0.5) is 4.39 Å². The molecule has 1 aliphatic rings. The first kappa shape index (κ1) is 14.4. The first-order valence-corrected chi connectivity index (χ1v) is 6.61. The van der Waals surface area contributed by atoms with Crippen LogP contribution in [0.15, 0.2) is 18.2 Å². The second-order valence-corrected chi connectivity index (χ2v) is 5.22. The van der Waals surface area contributed by atoms with Gasteiger partial charge in [-0.25, -0.2) is 4.39 Å². The van der Waals surface area contributed by atoms with Crippen molar-refractivity contribution in [2.24, 2.45) is 5.84 Å². The number of ether oxygens (including phenoxy) is 1. The summed E-state index contributed by atoms with van der Waals surface area (Å²) in [6.07, 6.45) is 0.800. The van der Waals surface area contributed by atoms with Crippen molar-refractivity contribution < 1.29 is 9.13 Å². The molecule has 0 aliphatic carbocycles. The van der Waals surface area contributed by atoms with Crippen LogP contribution in [-0.2, 0) is 11.2 Å². The van der Waals surface area contributed by atoms with Gasteiger partial charge in [-0.2, -0.15) is 0 Å². The van der Waals surface area contributed by atoms with Crippen molar-refractivity contribution in [1.29, 1.82) is 0 Å². The number of nitrogens with zero attached hydrogens (tertiary/aromatic N) is 1. The normalized spacial score (nSPS) is 22.4. The summed E-state index contributed by atoms with van der Waals surface area (Å²) in [5.41, 5.74) is 4.88. The number of benzene rings is 1. The van der Waals surface area contributed by atoms with Crippen LogP contribution in [-0.4, -0.2) is 43.8 Å². The zero-order valence-corrected chi connectivity index (χ0v) is 11.5. The first-order chi connectivity index (χ1) is 9.10. The summed E-state index contributed by atoms with van der Waals surface area (Å²) in [5, 5.41) is 0. The van der Waals surface area contributed by atoms with Crippen LogP contribution >= 0.6 is 0 Å². The molecule has 0 amide bonds. The van der Waals surface area contributed by atoms with E-state index >= 15 is 0 Å². The quantitative estimate of drug-likeness (QED) is 0.627. The van der Waals surface area contributed by atoms with Crippen molar-refractivity contribution in [1.82, 2.24) is 10.3 Å². The molecule has 1 aromatic carbocycles. The van der Waals surface area contributed by atoms with Gasteiger partial charge in [-0.15, -0.1) is 0 Å². The second kappa shape index (κ2) is 6.43. The monoisotopic (exact) mass is 267 g/mol. The topological polar surface area (TPSA) is 50.5 Å². The minimum Gasteiger partial charge on any atom is -0.374 e. The van der Waals surface area contributed by atoms with Gasteiger partial charge in [-0.05, 0) is 43.7 Å². The van der Waals surface area contributed by atoms with Gasteiger partial charge in [0.1, 0.15) is 5.82 Å². The number of rotatable bonds is 4. The Morgan fingerprint density at radius 2 is 2.37 bits per heavy atom. The fourth-order valence-corrected chi connectivity index (χ4v) is 2.48. The third-order valence-corrected chi connectivity index (χ3v) is 3.70. The molecule has 0 saturated carbocycles. The number of nitrogens with two attached hydrogens (primary N) is 1. The zero-order valence-electron chi connectivity index (χ0n) is 11.5. The van der Waals surface area contributed by atoms with Crippen LogP contribution in [0, 0.1) is 12.7 Å². The van der Waals surface area contributed by atoms with Gasteiger partial charge in [-0.1, -0.05) is 6.07 Å². The number of nitrogens with one attached hydrogen (secondary N) is 1. The predicted octanol–water partition coefficient (Wildman–Crippen LogP) is 0.839. The third kappa shape index (κ3) is 3.73. The van der Waals surface area contributed by atoms with Gasteiger partial charge < -0.3 is 9.64 Å². The highest BCUT2D eigenvalue weighted by atomic mass is 19.1. The minimum atomic E-state index is -0.202. The number of hydrogen-bond donors (Lipinski definition) is 2. The van der Waals surface area contributed by atoms with E-state index in [2.05, 4.69) is 17.4 Å². The molecule has 0 radical (unpaired) electrons. The van der Waals surface area contributed by atoms with Crippen molar-refractivity contribution in [3.05, 3.63) is 35.1 Å². The molecule has 2 unspecified atom stereocenters. The van der Waals surface area contributed by atoms with Crippen LogP contribution in [0.5, 0.6) is 0 Å². The van der Waals surface area contributed by atoms with E-state index < -0.39 is 0 Å². The van der Waals surface area contributed by atoms with Gasteiger partial charge in [-0.3, -0.25) is 11.3 Å². The average Bonchev–Trinajstić information content (AvgIpc) is 2.38. The Labute approximate surface area is 113 Å². The Kier molecular flexibility index (Phi) is 4.87. The smallest absolute Gasteiger partial charge is 0.123 e. The van der Waals surface area contributed by atoms with Crippen molar-refractivity contribution in [2.75, 3.05) is 26.7 Å². The molecule has 1 heterocycles. The van der Waals surface area contributed by atoms with Crippen molar-refractivity contribution in [3.8, 4) is 0 Å². The molecule has 0 aromatic heterocycles. The van der Waals surface area contributed by atoms with Gasteiger partial charge in [0.15, 0.2) is 0 Å². The fraction of sp³-hybridized carbons (Fsp3) is 0.571. The van der Waals surface area contributed by atoms with Gasteiger partial charge in [0.2, 0.25) is 0 Å². The number of aryl methyl sites for hydroxylation is 1. The number of morpholine rings is 1. The summed E-state index contributed by atoms with van der Waals surface area (Å²) in [6, 6.07) is 4.90. The molecule has 0 spiro atoms. The summed E-state index contributed by atoms with van der Waals surface area (Å²) in [7, 11) is 2.08. The highest BCUT2D eigenvalue weighted by molar-refractivity contribution is 5.27. The Morgan fingerprint density at radius 3 is 3.00 bits per heavy atom. The molecule has 1 saturated heterocycles. The summed E-state index contributed by atoms with van der Waals surface area (Å²) >= 11 is 0. The third-order valence-electron chi connectivity index (χ3n) is 3.70. The maximum atomic E-state index is 13.1. The minimum absolute atomic E-state index is 0.0342. The molecule has 5 heteroatoms.